The quantitative estimate of drug-likeness (QED) is 0.735. The van der Waals surface area contributed by atoms with Gasteiger partial charge in [-0.1, -0.05) is 19.8 Å². The van der Waals surface area contributed by atoms with Crippen LogP contribution >= 0.6 is 0 Å². The van der Waals surface area contributed by atoms with Crippen molar-refractivity contribution in [2.75, 3.05) is 13.2 Å². The van der Waals surface area contributed by atoms with E-state index in [-0.39, 0.29) is 0 Å². The molecule has 0 radical (unpaired) electrons. The maximum absolute atomic E-state index is 5.72. The Kier molecular flexibility index (Phi) is 5.49. The first-order chi connectivity index (χ1) is 6.74. The van der Waals surface area contributed by atoms with Crippen LogP contribution in [-0.2, 0) is 4.74 Å². The summed E-state index contributed by atoms with van der Waals surface area (Å²) in [6.07, 6.45) is 5.81. The third-order valence-electron chi connectivity index (χ3n) is 3.02. The smallest absolute Gasteiger partial charge is 0.0519 e. The SMILES string of the molecule is CCNC1CCCCC1COC(C)C. The fraction of sp³-hybridized carbons (Fsp3) is 1.00. The lowest BCUT2D eigenvalue weighted by molar-refractivity contribution is 0.0307. The zero-order valence-corrected chi connectivity index (χ0v) is 9.88. The van der Waals surface area contributed by atoms with Crippen LogP contribution in [0.2, 0.25) is 0 Å². The van der Waals surface area contributed by atoms with Gasteiger partial charge in [-0.3, -0.25) is 0 Å². The second-order valence-electron chi connectivity index (χ2n) is 4.59. The molecule has 84 valence electrons. The topological polar surface area (TPSA) is 21.3 Å². The van der Waals surface area contributed by atoms with Crippen molar-refractivity contribution in [2.24, 2.45) is 5.92 Å². The summed E-state index contributed by atoms with van der Waals surface area (Å²) in [4.78, 5) is 0. The van der Waals surface area contributed by atoms with Gasteiger partial charge in [0.05, 0.1) is 12.7 Å². The summed E-state index contributed by atoms with van der Waals surface area (Å²) in [7, 11) is 0. The average molecular weight is 199 g/mol. The Bertz CT molecular complexity index is 145. The molecule has 0 aliphatic heterocycles. The Morgan fingerprint density at radius 2 is 2.00 bits per heavy atom. The van der Waals surface area contributed by atoms with E-state index in [9.17, 15) is 0 Å². The van der Waals surface area contributed by atoms with Gasteiger partial charge in [-0.15, -0.1) is 0 Å². The van der Waals surface area contributed by atoms with Gasteiger partial charge in [0.2, 0.25) is 0 Å². The standard InChI is InChI=1S/C12H25NO/c1-4-13-12-8-6-5-7-11(12)9-14-10(2)3/h10-13H,4-9H2,1-3H3. The Morgan fingerprint density at radius 1 is 1.29 bits per heavy atom. The molecule has 1 fully saturated rings. The summed E-state index contributed by atoms with van der Waals surface area (Å²) in [6.45, 7) is 8.45. The molecular weight excluding hydrogens is 174 g/mol. The van der Waals surface area contributed by atoms with E-state index in [0.717, 1.165) is 19.1 Å². The maximum atomic E-state index is 5.72. The Balaban J connectivity index is 2.30. The minimum atomic E-state index is 0.374. The molecule has 2 nitrogen and oxygen atoms in total. The van der Waals surface area contributed by atoms with Crippen LogP contribution in [0.4, 0.5) is 0 Å². The number of hydrogen-bond acceptors (Lipinski definition) is 2. The Labute approximate surface area is 88.4 Å². The van der Waals surface area contributed by atoms with Crippen LogP contribution in [0, 0.1) is 5.92 Å². The number of nitrogens with one attached hydrogen (secondary N) is 1. The summed E-state index contributed by atoms with van der Waals surface area (Å²) in [5, 5.41) is 3.58. The minimum absolute atomic E-state index is 0.374. The van der Waals surface area contributed by atoms with E-state index in [1.165, 1.54) is 25.7 Å². The highest BCUT2D eigenvalue weighted by molar-refractivity contribution is 4.80. The molecule has 0 amide bonds. The van der Waals surface area contributed by atoms with Crippen molar-refractivity contribution in [1.82, 2.24) is 5.32 Å². The van der Waals surface area contributed by atoms with E-state index in [1.54, 1.807) is 0 Å². The molecule has 1 rings (SSSR count). The lowest BCUT2D eigenvalue weighted by Crippen LogP contribution is -2.40. The fourth-order valence-electron chi connectivity index (χ4n) is 2.25. The first kappa shape index (κ1) is 12.0. The molecule has 2 unspecified atom stereocenters. The lowest BCUT2D eigenvalue weighted by Gasteiger charge is -2.32. The number of hydrogen-bond donors (Lipinski definition) is 1. The second kappa shape index (κ2) is 6.41. The Hall–Kier alpha value is -0.0800. The molecule has 0 aromatic rings. The first-order valence-electron chi connectivity index (χ1n) is 6.09. The molecule has 1 N–H and O–H groups in total. The van der Waals surface area contributed by atoms with Gasteiger partial charge in [0.15, 0.2) is 0 Å². The molecule has 0 aromatic carbocycles. The second-order valence-corrected chi connectivity index (χ2v) is 4.59. The zero-order chi connectivity index (χ0) is 10.4. The Morgan fingerprint density at radius 3 is 2.64 bits per heavy atom. The molecule has 1 saturated carbocycles. The van der Waals surface area contributed by atoms with Crippen molar-refractivity contribution in [1.29, 1.82) is 0 Å². The number of ether oxygens (including phenoxy) is 1. The zero-order valence-electron chi connectivity index (χ0n) is 9.88. The van der Waals surface area contributed by atoms with Crippen LogP contribution in [0.15, 0.2) is 0 Å². The third-order valence-corrected chi connectivity index (χ3v) is 3.02. The van der Waals surface area contributed by atoms with E-state index < -0.39 is 0 Å². The van der Waals surface area contributed by atoms with Crippen LogP contribution in [0.3, 0.4) is 0 Å². The van der Waals surface area contributed by atoms with Gasteiger partial charge >= 0.3 is 0 Å². The monoisotopic (exact) mass is 199 g/mol. The van der Waals surface area contributed by atoms with E-state index in [4.69, 9.17) is 4.74 Å². The molecule has 0 bridgehead atoms. The first-order valence-corrected chi connectivity index (χ1v) is 6.09. The maximum Gasteiger partial charge on any atom is 0.0519 e. The molecule has 0 aromatic heterocycles. The van der Waals surface area contributed by atoms with E-state index in [2.05, 4.69) is 26.1 Å². The van der Waals surface area contributed by atoms with Crippen molar-refractivity contribution >= 4 is 0 Å². The largest absolute Gasteiger partial charge is 0.378 e. The van der Waals surface area contributed by atoms with Crippen molar-refractivity contribution in [2.45, 2.75) is 58.6 Å². The number of rotatable bonds is 5. The van der Waals surface area contributed by atoms with Crippen LogP contribution in [0.5, 0.6) is 0 Å². The van der Waals surface area contributed by atoms with E-state index in [1.807, 2.05) is 0 Å². The van der Waals surface area contributed by atoms with Crippen molar-refractivity contribution in [3.05, 3.63) is 0 Å². The van der Waals surface area contributed by atoms with Crippen LogP contribution < -0.4 is 5.32 Å². The van der Waals surface area contributed by atoms with Crippen LogP contribution in [0.1, 0.15) is 46.5 Å². The van der Waals surface area contributed by atoms with Gasteiger partial charge in [0, 0.05) is 6.04 Å². The summed E-state index contributed by atoms with van der Waals surface area (Å²) < 4.78 is 5.72. The summed E-state index contributed by atoms with van der Waals surface area (Å²) in [6, 6.07) is 0.701. The highest BCUT2D eigenvalue weighted by atomic mass is 16.5. The molecule has 14 heavy (non-hydrogen) atoms. The molecule has 1 aliphatic rings. The lowest BCUT2D eigenvalue weighted by atomic mass is 9.85. The summed E-state index contributed by atoms with van der Waals surface area (Å²) in [5.74, 6) is 0.742. The van der Waals surface area contributed by atoms with Crippen molar-refractivity contribution in [3.63, 3.8) is 0 Å². The highest BCUT2D eigenvalue weighted by Gasteiger charge is 2.24. The molecule has 0 spiro atoms. The molecule has 0 saturated heterocycles. The van der Waals surface area contributed by atoms with E-state index >= 15 is 0 Å². The van der Waals surface area contributed by atoms with Gasteiger partial charge in [-0.2, -0.15) is 0 Å². The van der Waals surface area contributed by atoms with Crippen LogP contribution in [0.25, 0.3) is 0 Å². The van der Waals surface area contributed by atoms with E-state index in [0.29, 0.717) is 12.1 Å². The molecule has 2 heteroatoms. The molecule has 2 atom stereocenters. The average Bonchev–Trinajstić information content (AvgIpc) is 2.17. The van der Waals surface area contributed by atoms with Crippen molar-refractivity contribution < 1.29 is 4.74 Å². The highest BCUT2D eigenvalue weighted by Crippen LogP contribution is 2.24. The van der Waals surface area contributed by atoms with Crippen molar-refractivity contribution in [3.8, 4) is 0 Å². The van der Waals surface area contributed by atoms with Crippen LogP contribution in [-0.4, -0.2) is 25.3 Å². The fourth-order valence-corrected chi connectivity index (χ4v) is 2.25. The predicted molar refractivity (Wildman–Crippen MR) is 60.5 cm³/mol. The molecular formula is C12H25NO. The van der Waals surface area contributed by atoms with Gasteiger partial charge in [-0.25, -0.2) is 0 Å². The van der Waals surface area contributed by atoms with Gasteiger partial charge in [0.1, 0.15) is 0 Å². The van der Waals surface area contributed by atoms with Gasteiger partial charge < -0.3 is 10.1 Å². The molecule has 0 heterocycles. The molecule has 1 aliphatic carbocycles. The summed E-state index contributed by atoms with van der Waals surface area (Å²) >= 11 is 0. The third kappa shape index (κ3) is 3.97. The minimum Gasteiger partial charge on any atom is -0.378 e. The summed E-state index contributed by atoms with van der Waals surface area (Å²) in [5.41, 5.74) is 0. The van der Waals surface area contributed by atoms with Gasteiger partial charge in [-0.05, 0) is 39.2 Å². The predicted octanol–water partition coefficient (Wildman–Crippen LogP) is 2.58. The van der Waals surface area contributed by atoms with Gasteiger partial charge in [0.25, 0.3) is 0 Å². The normalized spacial score (nSPS) is 28.3.